The molecule has 0 spiro atoms. The standard InChI is InChI=1S/C24H32N6O/c1-29(2)12-4-8-26-24-27-9-7-22(28-24)19-15-18-5-6-20(31-3)17-21(18)23(16-19)30-13-10-25-11-14-30/h5-7,9,15-17,25H,4,8,10-14H2,1-3H3,(H,26,27,28). The Labute approximate surface area is 184 Å². The molecule has 0 atom stereocenters. The second kappa shape index (κ2) is 9.94. The molecular weight excluding hydrogens is 388 g/mol. The Morgan fingerprint density at radius 1 is 1.13 bits per heavy atom. The van der Waals surface area contributed by atoms with E-state index in [1.807, 2.05) is 18.3 Å². The van der Waals surface area contributed by atoms with Gasteiger partial charge in [-0.3, -0.25) is 0 Å². The average molecular weight is 421 g/mol. The molecule has 0 unspecified atom stereocenters. The fourth-order valence-electron chi connectivity index (χ4n) is 3.96. The molecule has 4 rings (SSSR count). The van der Waals surface area contributed by atoms with Crippen LogP contribution in [0, 0.1) is 0 Å². The molecule has 1 fully saturated rings. The number of hydrogen-bond acceptors (Lipinski definition) is 7. The van der Waals surface area contributed by atoms with Crippen LogP contribution in [0.15, 0.2) is 42.6 Å². The van der Waals surface area contributed by atoms with Gasteiger partial charge in [0, 0.05) is 55.6 Å². The SMILES string of the molecule is COc1ccc2cc(-c3ccnc(NCCCN(C)C)n3)cc(N3CCNCC3)c2c1. The second-order valence-corrected chi connectivity index (χ2v) is 8.17. The summed E-state index contributed by atoms with van der Waals surface area (Å²) in [7, 11) is 5.89. The van der Waals surface area contributed by atoms with Gasteiger partial charge in [-0.05, 0) is 62.8 Å². The van der Waals surface area contributed by atoms with E-state index in [0.29, 0.717) is 5.95 Å². The summed E-state index contributed by atoms with van der Waals surface area (Å²) in [5.41, 5.74) is 3.26. The largest absolute Gasteiger partial charge is 0.497 e. The van der Waals surface area contributed by atoms with E-state index in [4.69, 9.17) is 9.72 Å². The van der Waals surface area contributed by atoms with Gasteiger partial charge in [0.1, 0.15) is 5.75 Å². The predicted molar refractivity (Wildman–Crippen MR) is 128 cm³/mol. The van der Waals surface area contributed by atoms with Gasteiger partial charge in [-0.1, -0.05) is 6.07 Å². The van der Waals surface area contributed by atoms with Crippen LogP contribution in [-0.4, -0.2) is 75.3 Å². The van der Waals surface area contributed by atoms with E-state index < -0.39 is 0 Å². The Balaban J connectivity index is 1.66. The van der Waals surface area contributed by atoms with Crippen LogP contribution in [-0.2, 0) is 0 Å². The molecule has 164 valence electrons. The Kier molecular flexibility index (Phi) is 6.84. The maximum Gasteiger partial charge on any atom is 0.223 e. The Hall–Kier alpha value is -2.90. The third kappa shape index (κ3) is 5.24. The summed E-state index contributed by atoms with van der Waals surface area (Å²) in [6.07, 6.45) is 2.88. The second-order valence-electron chi connectivity index (χ2n) is 8.17. The molecule has 0 amide bonds. The first kappa shape index (κ1) is 21.3. The van der Waals surface area contributed by atoms with Crippen molar-refractivity contribution in [3.05, 3.63) is 42.6 Å². The van der Waals surface area contributed by atoms with Crippen molar-refractivity contribution >= 4 is 22.4 Å². The number of fused-ring (bicyclic) bond motifs is 1. The number of benzene rings is 2. The number of nitrogens with zero attached hydrogens (tertiary/aromatic N) is 4. The third-order valence-corrected chi connectivity index (χ3v) is 5.61. The molecule has 0 radical (unpaired) electrons. The first-order valence-electron chi connectivity index (χ1n) is 10.9. The first-order chi connectivity index (χ1) is 15.1. The highest BCUT2D eigenvalue weighted by Gasteiger charge is 2.16. The van der Waals surface area contributed by atoms with Gasteiger partial charge in [-0.2, -0.15) is 0 Å². The number of piperazine rings is 1. The summed E-state index contributed by atoms with van der Waals surface area (Å²) in [6.45, 7) is 5.84. The maximum atomic E-state index is 5.49. The normalized spacial score (nSPS) is 14.3. The van der Waals surface area contributed by atoms with Crippen molar-refractivity contribution in [1.29, 1.82) is 0 Å². The zero-order chi connectivity index (χ0) is 21.6. The van der Waals surface area contributed by atoms with E-state index in [2.05, 4.69) is 63.8 Å². The zero-order valence-electron chi connectivity index (χ0n) is 18.7. The Morgan fingerprint density at radius 3 is 2.74 bits per heavy atom. The van der Waals surface area contributed by atoms with Crippen LogP contribution in [0.25, 0.3) is 22.0 Å². The summed E-state index contributed by atoms with van der Waals surface area (Å²) in [4.78, 5) is 13.8. The fourth-order valence-corrected chi connectivity index (χ4v) is 3.96. The summed E-state index contributed by atoms with van der Waals surface area (Å²) < 4.78 is 5.49. The summed E-state index contributed by atoms with van der Waals surface area (Å²) >= 11 is 0. The topological polar surface area (TPSA) is 65.5 Å². The molecule has 0 bridgehead atoms. The molecular formula is C24H32N6O. The fraction of sp³-hybridized carbons (Fsp3) is 0.417. The number of rotatable bonds is 8. The highest BCUT2D eigenvalue weighted by Crippen LogP contribution is 2.35. The molecule has 2 heterocycles. The van der Waals surface area contributed by atoms with Crippen LogP contribution in [0.2, 0.25) is 0 Å². The third-order valence-electron chi connectivity index (χ3n) is 5.61. The Bertz CT molecular complexity index is 1020. The quantitative estimate of drug-likeness (QED) is 0.543. The zero-order valence-corrected chi connectivity index (χ0v) is 18.7. The monoisotopic (exact) mass is 420 g/mol. The number of aromatic nitrogens is 2. The van der Waals surface area contributed by atoms with Gasteiger partial charge < -0.3 is 25.2 Å². The van der Waals surface area contributed by atoms with E-state index in [9.17, 15) is 0 Å². The molecule has 7 nitrogen and oxygen atoms in total. The molecule has 3 aromatic rings. The smallest absolute Gasteiger partial charge is 0.223 e. The van der Waals surface area contributed by atoms with Crippen molar-refractivity contribution in [3.63, 3.8) is 0 Å². The van der Waals surface area contributed by atoms with Crippen molar-refractivity contribution in [3.8, 4) is 17.0 Å². The van der Waals surface area contributed by atoms with E-state index in [1.165, 1.54) is 16.5 Å². The summed E-state index contributed by atoms with van der Waals surface area (Å²) in [5, 5.41) is 9.19. The van der Waals surface area contributed by atoms with Crippen LogP contribution < -0.4 is 20.3 Å². The first-order valence-corrected chi connectivity index (χ1v) is 10.9. The lowest BCUT2D eigenvalue weighted by Crippen LogP contribution is -2.43. The van der Waals surface area contributed by atoms with Gasteiger partial charge in [0.2, 0.25) is 5.95 Å². The van der Waals surface area contributed by atoms with Crippen molar-refractivity contribution in [1.82, 2.24) is 20.2 Å². The molecule has 1 saturated heterocycles. The van der Waals surface area contributed by atoms with Crippen LogP contribution in [0.1, 0.15) is 6.42 Å². The van der Waals surface area contributed by atoms with E-state index in [0.717, 1.165) is 62.7 Å². The van der Waals surface area contributed by atoms with Gasteiger partial charge in [-0.15, -0.1) is 0 Å². The predicted octanol–water partition coefficient (Wildman–Crippen LogP) is 3.08. The van der Waals surface area contributed by atoms with Crippen molar-refractivity contribution in [2.45, 2.75) is 6.42 Å². The minimum atomic E-state index is 0.676. The maximum absolute atomic E-state index is 5.49. The molecule has 31 heavy (non-hydrogen) atoms. The van der Waals surface area contributed by atoms with Crippen LogP contribution in [0.3, 0.4) is 0 Å². The summed E-state index contributed by atoms with van der Waals surface area (Å²) in [5.74, 6) is 1.55. The minimum Gasteiger partial charge on any atom is -0.497 e. The van der Waals surface area contributed by atoms with Gasteiger partial charge in [0.05, 0.1) is 12.8 Å². The van der Waals surface area contributed by atoms with Crippen molar-refractivity contribution in [2.24, 2.45) is 0 Å². The van der Waals surface area contributed by atoms with Gasteiger partial charge >= 0.3 is 0 Å². The number of nitrogens with one attached hydrogen (secondary N) is 2. The number of anilines is 2. The Morgan fingerprint density at radius 2 is 1.97 bits per heavy atom. The van der Waals surface area contributed by atoms with E-state index >= 15 is 0 Å². The average Bonchev–Trinajstić information content (AvgIpc) is 2.81. The minimum absolute atomic E-state index is 0.676. The van der Waals surface area contributed by atoms with E-state index in [-0.39, 0.29) is 0 Å². The van der Waals surface area contributed by atoms with Crippen LogP contribution >= 0.6 is 0 Å². The lowest BCUT2D eigenvalue weighted by Gasteiger charge is -2.31. The lowest BCUT2D eigenvalue weighted by atomic mass is 10.0. The van der Waals surface area contributed by atoms with Crippen molar-refractivity contribution in [2.75, 3.05) is 70.7 Å². The van der Waals surface area contributed by atoms with Crippen molar-refractivity contribution < 1.29 is 4.74 Å². The lowest BCUT2D eigenvalue weighted by molar-refractivity contribution is 0.405. The van der Waals surface area contributed by atoms with Crippen LogP contribution in [0.5, 0.6) is 5.75 Å². The molecule has 1 aromatic heterocycles. The highest BCUT2D eigenvalue weighted by molar-refractivity contribution is 5.98. The number of hydrogen-bond donors (Lipinski definition) is 2. The van der Waals surface area contributed by atoms with Gasteiger partial charge in [-0.25, -0.2) is 9.97 Å². The highest BCUT2D eigenvalue weighted by atomic mass is 16.5. The van der Waals surface area contributed by atoms with Gasteiger partial charge in [0.15, 0.2) is 0 Å². The molecule has 1 aliphatic rings. The molecule has 1 aliphatic heterocycles. The summed E-state index contributed by atoms with van der Waals surface area (Å²) in [6, 6.07) is 12.7. The molecule has 0 aliphatic carbocycles. The van der Waals surface area contributed by atoms with Gasteiger partial charge in [0.25, 0.3) is 0 Å². The molecule has 0 saturated carbocycles. The van der Waals surface area contributed by atoms with E-state index in [1.54, 1.807) is 7.11 Å². The number of methoxy groups -OCH3 is 1. The molecule has 7 heteroatoms. The molecule has 2 N–H and O–H groups in total. The molecule has 2 aromatic carbocycles. The van der Waals surface area contributed by atoms with Crippen LogP contribution in [0.4, 0.5) is 11.6 Å². The number of ether oxygens (including phenoxy) is 1.